The SMILES string of the molecule is Cc1ncc(N2CCC[C@H](C(=O)NC3CC3)C2)c(N)n1. The van der Waals surface area contributed by atoms with Crippen molar-refractivity contribution < 1.29 is 4.79 Å². The zero-order valence-corrected chi connectivity index (χ0v) is 11.8. The number of anilines is 2. The van der Waals surface area contributed by atoms with Crippen LogP contribution in [0, 0.1) is 12.8 Å². The Morgan fingerprint density at radius 2 is 2.25 bits per heavy atom. The van der Waals surface area contributed by atoms with E-state index in [9.17, 15) is 4.79 Å². The van der Waals surface area contributed by atoms with Crippen LogP contribution >= 0.6 is 0 Å². The third-order valence-corrected chi connectivity index (χ3v) is 3.97. The van der Waals surface area contributed by atoms with Gasteiger partial charge in [0.15, 0.2) is 5.82 Å². The third kappa shape index (κ3) is 2.84. The molecule has 1 aromatic heterocycles. The zero-order chi connectivity index (χ0) is 14.1. The van der Waals surface area contributed by atoms with Gasteiger partial charge in [0.2, 0.25) is 5.91 Å². The molecule has 0 unspecified atom stereocenters. The Morgan fingerprint density at radius 1 is 1.45 bits per heavy atom. The summed E-state index contributed by atoms with van der Waals surface area (Å²) in [5.74, 6) is 1.40. The second-order valence-corrected chi connectivity index (χ2v) is 5.76. The normalized spacial score (nSPS) is 22.6. The number of nitrogens with two attached hydrogens (primary N) is 1. The summed E-state index contributed by atoms with van der Waals surface area (Å²) in [6.45, 7) is 3.43. The topological polar surface area (TPSA) is 84.1 Å². The number of nitrogens with one attached hydrogen (secondary N) is 1. The molecule has 3 rings (SSSR count). The highest BCUT2D eigenvalue weighted by molar-refractivity contribution is 5.80. The molecule has 1 aliphatic heterocycles. The van der Waals surface area contributed by atoms with Crippen molar-refractivity contribution in [3.8, 4) is 0 Å². The predicted octanol–water partition coefficient (Wildman–Crippen LogP) is 0.862. The monoisotopic (exact) mass is 275 g/mol. The number of amides is 1. The predicted molar refractivity (Wildman–Crippen MR) is 77.3 cm³/mol. The lowest BCUT2D eigenvalue weighted by Crippen LogP contribution is -2.44. The van der Waals surface area contributed by atoms with E-state index in [4.69, 9.17) is 5.73 Å². The van der Waals surface area contributed by atoms with E-state index in [1.54, 1.807) is 6.20 Å². The number of hydrogen-bond acceptors (Lipinski definition) is 5. The Balaban J connectivity index is 1.69. The fraction of sp³-hybridized carbons (Fsp3) is 0.643. The fourth-order valence-electron chi connectivity index (χ4n) is 2.68. The van der Waals surface area contributed by atoms with Crippen LogP contribution in [0.2, 0.25) is 0 Å². The maximum atomic E-state index is 12.2. The standard InChI is InChI=1S/C14H21N5O/c1-9-16-7-12(13(15)17-9)19-6-2-3-10(8-19)14(20)18-11-4-5-11/h7,10-11H,2-6,8H2,1H3,(H,18,20)(H2,15,16,17)/t10-/m0/s1. The van der Waals surface area contributed by atoms with Crippen LogP contribution in [-0.4, -0.2) is 35.0 Å². The fourth-order valence-corrected chi connectivity index (χ4v) is 2.68. The van der Waals surface area contributed by atoms with Crippen molar-refractivity contribution in [1.29, 1.82) is 0 Å². The number of carbonyl (C=O) groups is 1. The van der Waals surface area contributed by atoms with Gasteiger partial charge in [-0.3, -0.25) is 4.79 Å². The van der Waals surface area contributed by atoms with E-state index < -0.39 is 0 Å². The van der Waals surface area contributed by atoms with Crippen molar-refractivity contribution in [2.45, 2.75) is 38.6 Å². The Labute approximate surface area is 118 Å². The first-order chi connectivity index (χ1) is 9.63. The van der Waals surface area contributed by atoms with Gasteiger partial charge in [0.05, 0.1) is 17.8 Å². The summed E-state index contributed by atoms with van der Waals surface area (Å²) in [5, 5.41) is 3.09. The molecule has 1 saturated carbocycles. The minimum Gasteiger partial charge on any atom is -0.382 e. The van der Waals surface area contributed by atoms with E-state index in [2.05, 4.69) is 20.2 Å². The largest absolute Gasteiger partial charge is 0.382 e. The first-order valence-corrected chi connectivity index (χ1v) is 7.28. The number of rotatable bonds is 3. The van der Waals surface area contributed by atoms with Gasteiger partial charge in [-0.25, -0.2) is 9.97 Å². The van der Waals surface area contributed by atoms with Crippen LogP contribution in [0.15, 0.2) is 6.20 Å². The van der Waals surface area contributed by atoms with Crippen molar-refractivity contribution in [2.75, 3.05) is 23.7 Å². The van der Waals surface area contributed by atoms with E-state index >= 15 is 0 Å². The summed E-state index contributed by atoms with van der Waals surface area (Å²) in [6.07, 6.45) is 5.96. The van der Waals surface area contributed by atoms with Gasteiger partial charge < -0.3 is 16.0 Å². The van der Waals surface area contributed by atoms with E-state index in [-0.39, 0.29) is 11.8 Å². The number of carbonyl (C=O) groups excluding carboxylic acids is 1. The van der Waals surface area contributed by atoms with Crippen LogP contribution < -0.4 is 16.0 Å². The maximum Gasteiger partial charge on any atom is 0.225 e. The molecule has 2 fully saturated rings. The van der Waals surface area contributed by atoms with Crippen molar-refractivity contribution in [1.82, 2.24) is 15.3 Å². The first-order valence-electron chi connectivity index (χ1n) is 7.28. The summed E-state index contributed by atoms with van der Waals surface area (Å²) in [4.78, 5) is 22.7. The first kappa shape index (κ1) is 13.1. The van der Waals surface area contributed by atoms with Gasteiger partial charge in [0.25, 0.3) is 0 Å². The number of piperidine rings is 1. The van der Waals surface area contributed by atoms with Gasteiger partial charge in [-0.2, -0.15) is 0 Å². The molecular weight excluding hydrogens is 254 g/mol. The lowest BCUT2D eigenvalue weighted by molar-refractivity contribution is -0.125. The Bertz CT molecular complexity index is 514. The molecule has 0 spiro atoms. The lowest BCUT2D eigenvalue weighted by atomic mass is 9.96. The van der Waals surface area contributed by atoms with Crippen LogP contribution in [0.1, 0.15) is 31.5 Å². The van der Waals surface area contributed by atoms with Crippen LogP contribution in [0.4, 0.5) is 11.5 Å². The summed E-state index contributed by atoms with van der Waals surface area (Å²) in [7, 11) is 0. The highest BCUT2D eigenvalue weighted by atomic mass is 16.2. The Morgan fingerprint density at radius 3 is 2.95 bits per heavy atom. The molecule has 1 atom stereocenters. The Hall–Kier alpha value is -1.85. The number of aromatic nitrogens is 2. The van der Waals surface area contributed by atoms with E-state index in [1.165, 1.54) is 0 Å². The number of hydrogen-bond donors (Lipinski definition) is 2. The molecule has 0 aromatic carbocycles. The Kier molecular flexibility index (Phi) is 3.46. The summed E-state index contributed by atoms with van der Waals surface area (Å²) in [6, 6.07) is 0.422. The van der Waals surface area contributed by atoms with Gasteiger partial charge in [-0.15, -0.1) is 0 Å². The molecule has 1 saturated heterocycles. The average Bonchev–Trinajstić information content (AvgIpc) is 3.23. The zero-order valence-electron chi connectivity index (χ0n) is 11.8. The average molecular weight is 275 g/mol. The highest BCUT2D eigenvalue weighted by Gasteiger charge is 2.31. The van der Waals surface area contributed by atoms with Gasteiger partial charge in [0.1, 0.15) is 5.82 Å². The van der Waals surface area contributed by atoms with E-state index in [1.807, 2.05) is 6.92 Å². The van der Waals surface area contributed by atoms with Crippen molar-refractivity contribution in [3.05, 3.63) is 12.0 Å². The van der Waals surface area contributed by atoms with Gasteiger partial charge in [-0.05, 0) is 32.6 Å². The van der Waals surface area contributed by atoms with Crippen molar-refractivity contribution in [3.63, 3.8) is 0 Å². The third-order valence-electron chi connectivity index (χ3n) is 3.97. The molecular formula is C14H21N5O. The molecule has 2 heterocycles. The molecule has 0 radical (unpaired) electrons. The second-order valence-electron chi connectivity index (χ2n) is 5.76. The molecule has 108 valence electrons. The molecule has 0 bridgehead atoms. The molecule has 6 nitrogen and oxygen atoms in total. The maximum absolute atomic E-state index is 12.2. The van der Waals surface area contributed by atoms with Crippen LogP contribution in [0.25, 0.3) is 0 Å². The number of aryl methyl sites for hydroxylation is 1. The minimum absolute atomic E-state index is 0.0463. The minimum atomic E-state index is 0.0463. The van der Waals surface area contributed by atoms with Crippen LogP contribution in [-0.2, 0) is 4.79 Å². The smallest absolute Gasteiger partial charge is 0.225 e. The summed E-state index contributed by atoms with van der Waals surface area (Å²) < 4.78 is 0. The molecule has 3 N–H and O–H groups in total. The van der Waals surface area contributed by atoms with E-state index in [0.29, 0.717) is 24.2 Å². The second kappa shape index (κ2) is 5.26. The lowest BCUT2D eigenvalue weighted by Gasteiger charge is -2.33. The number of nitrogens with zero attached hydrogens (tertiary/aromatic N) is 3. The molecule has 1 amide bonds. The van der Waals surface area contributed by atoms with Crippen LogP contribution in [0.3, 0.4) is 0 Å². The van der Waals surface area contributed by atoms with Gasteiger partial charge in [0, 0.05) is 19.1 Å². The molecule has 20 heavy (non-hydrogen) atoms. The van der Waals surface area contributed by atoms with Gasteiger partial charge >= 0.3 is 0 Å². The number of nitrogen functional groups attached to an aromatic ring is 1. The molecule has 1 aliphatic carbocycles. The van der Waals surface area contributed by atoms with Crippen molar-refractivity contribution >= 4 is 17.4 Å². The quantitative estimate of drug-likeness (QED) is 0.855. The molecule has 2 aliphatic rings. The molecule has 6 heteroatoms. The van der Waals surface area contributed by atoms with E-state index in [0.717, 1.165) is 37.9 Å². The van der Waals surface area contributed by atoms with Gasteiger partial charge in [-0.1, -0.05) is 0 Å². The highest BCUT2D eigenvalue weighted by Crippen LogP contribution is 2.27. The van der Waals surface area contributed by atoms with Crippen LogP contribution in [0.5, 0.6) is 0 Å². The van der Waals surface area contributed by atoms with Crippen molar-refractivity contribution in [2.24, 2.45) is 5.92 Å². The summed E-state index contributed by atoms with van der Waals surface area (Å²) in [5.41, 5.74) is 6.82. The molecule has 1 aromatic rings. The summed E-state index contributed by atoms with van der Waals surface area (Å²) >= 11 is 0.